The summed E-state index contributed by atoms with van der Waals surface area (Å²) in [7, 11) is 1.71. The minimum Gasteiger partial charge on any atom is -0.497 e. The van der Waals surface area contributed by atoms with Gasteiger partial charge >= 0.3 is 0 Å². The van der Waals surface area contributed by atoms with Gasteiger partial charge in [-0.2, -0.15) is 0 Å². The Hall–Kier alpha value is -2.54. The number of hydrogen-bond acceptors (Lipinski definition) is 1. The molecule has 0 spiro atoms. The van der Waals surface area contributed by atoms with Gasteiger partial charge in [0, 0.05) is 0 Å². The molecule has 3 aromatic rings. The fourth-order valence-corrected chi connectivity index (χ4v) is 2.58. The first-order valence-electron chi connectivity index (χ1n) is 7.13. The van der Waals surface area contributed by atoms with E-state index < -0.39 is 0 Å². The average Bonchev–Trinajstić information content (AvgIpc) is 2.56. The van der Waals surface area contributed by atoms with Crippen molar-refractivity contribution in [1.82, 2.24) is 0 Å². The lowest BCUT2D eigenvalue weighted by atomic mass is 9.95. The lowest BCUT2D eigenvalue weighted by molar-refractivity contribution is 0.414. The van der Waals surface area contributed by atoms with E-state index in [2.05, 4.69) is 60.7 Å². The minimum atomic E-state index is 0.905. The van der Waals surface area contributed by atoms with Gasteiger partial charge in [0.2, 0.25) is 0 Å². The summed E-state index contributed by atoms with van der Waals surface area (Å²) in [5.41, 5.74) is 5.15. The first-order valence-corrected chi connectivity index (χ1v) is 7.13. The molecule has 1 heteroatoms. The van der Waals surface area contributed by atoms with Crippen molar-refractivity contribution in [2.75, 3.05) is 7.11 Å². The number of rotatable bonds is 4. The first kappa shape index (κ1) is 13.4. The number of benzene rings is 3. The summed E-state index contributed by atoms with van der Waals surface area (Å²) in [6.07, 6.45) is 0.905. The Balaban J connectivity index is 1.96. The molecular formula is C20H18O. The van der Waals surface area contributed by atoms with E-state index in [1.807, 2.05) is 18.2 Å². The molecule has 0 heterocycles. The van der Waals surface area contributed by atoms with Crippen molar-refractivity contribution in [2.45, 2.75) is 6.42 Å². The molecule has 0 atom stereocenters. The molecular weight excluding hydrogens is 256 g/mol. The van der Waals surface area contributed by atoms with Crippen LogP contribution in [0, 0.1) is 0 Å². The van der Waals surface area contributed by atoms with Crippen LogP contribution >= 0.6 is 0 Å². The lowest BCUT2D eigenvalue weighted by Gasteiger charge is -2.10. The van der Waals surface area contributed by atoms with Gasteiger partial charge in [0.15, 0.2) is 0 Å². The van der Waals surface area contributed by atoms with Gasteiger partial charge in [0.25, 0.3) is 0 Å². The van der Waals surface area contributed by atoms with E-state index in [1.165, 1.54) is 22.3 Å². The quantitative estimate of drug-likeness (QED) is 0.654. The van der Waals surface area contributed by atoms with Gasteiger partial charge in [-0.15, -0.1) is 0 Å². The molecule has 0 aliphatic rings. The highest BCUT2D eigenvalue weighted by molar-refractivity contribution is 5.67. The van der Waals surface area contributed by atoms with Crippen molar-refractivity contribution >= 4 is 0 Å². The van der Waals surface area contributed by atoms with Crippen LogP contribution in [0.4, 0.5) is 0 Å². The number of methoxy groups -OCH3 is 1. The molecule has 1 nitrogen and oxygen atoms in total. The van der Waals surface area contributed by atoms with E-state index in [1.54, 1.807) is 7.11 Å². The van der Waals surface area contributed by atoms with E-state index in [9.17, 15) is 0 Å². The molecule has 3 aromatic carbocycles. The summed E-state index contributed by atoms with van der Waals surface area (Å²) in [5, 5.41) is 0. The van der Waals surface area contributed by atoms with Crippen molar-refractivity contribution in [1.29, 1.82) is 0 Å². The Bertz CT molecular complexity index is 717. The third-order valence-electron chi connectivity index (χ3n) is 3.63. The van der Waals surface area contributed by atoms with E-state index >= 15 is 0 Å². The van der Waals surface area contributed by atoms with Gasteiger partial charge in [-0.25, -0.2) is 0 Å². The zero-order valence-corrected chi connectivity index (χ0v) is 12.1. The van der Waals surface area contributed by atoms with Gasteiger partial charge in [0.05, 0.1) is 7.11 Å². The smallest absolute Gasteiger partial charge is 0.119 e. The van der Waals surface area contributed by atoms with Crippen LogP contribution in [0.1, 0.15) is 11.1 Å². The maximum atomic E-state index is 5.31. The molecule has 0 aromatic heterocycles. The zero-order chi connectivity index (χ0) is 14.5. The SMILES string of the molecule is COc1cccc(Cc2ccccc2-c2ccccc2)c1. The molecule has 0 radical (unpaired) electrons. The van der Waals surface area contributed by atoms with Crippen molar-refractivity contribution in [3.63, 3.8) is 0 Å². The molecule has 0 unspecified atom stereocenters. The Morgan fingerprint density at radius 3 is 2.33 bits per heavy atom. The summed E-state index contributed by atoms with van der Waals surface area (Å²) in [5.74, 6) is 0.907. The highest BCUT2D eigenvalue weighted by Crippen LogP contribution is 2.26. The standard InChI is InChI=1S/C20H18O/c1-21-19-12-7-8-16(15-19)14-18-11-5-6-13-20(18)17-9-3-2-4-10-17/h2-13,15H,14H2,1H3. The molecule has 0 amide bonds. The largest absolute Gasteiger partial charge is 0.497 e. The number of ether oxygens (including phenoxy) is 1. The molecule has 0 fully saturated rings. The van der Waals surface area contributed by atoms with E-state index in [0.717, 1.165) is 12.2 Å². The third-order valence-corrected chi connectivity index (χ3v) is 3.63. The summed E-state index contributed by atoms with van der Waals surface area (Å²) < 4.78 is 5.31. The van der Waals surface area contributed by atoms with Crippen LogP contribution in [-0.4, -0.2) is 7.11 Å². The van der Waals surface area contributed by atoms with E-state index in [4.69, 9.17) is 4.74 Å². The normalized spacial score (nSPS) is 10.3. The van der Waals surface area contributed by atoms with E-state index in [0.29, 0.717) is 0 Å². The summed E-state index contributed by atoms with van der Waals surface area (Å²) in [6, 6.07) is 27.4. The maximum Gasteiger partial charge on any atom is 0.119 e. The second-order valence-electron chi connectivity index (χ2n) is 5.05. The summed E-state index contributed by atoms with van der Waals surface area (Å²) >= 11 is 0. The highest BCUT2D eigenvalue weighted by Gasteiger charge is 2.05. The first-order chi connectivity index (χ1) is 10.4. The monoisotopic (exact) mass is 274 g/mol. The second-order valence-corrected chi connectivity index (χ2v) is 5.05. The Morgan fingerprint density at radius 1 is 0.762 bits per heavy atom. The average molecular weight is 274 g/mol. The van der Waals surface area contributed by atoms with Gasteiger partial charge in [0.1, 0.15) is 5.75 Å². The summed E-state index contributed by atoms with van der Waals surface area (Å²) in [4.78, 5) is 0. The molecule has 0 saturated heterocycles. The Kier molecular flexibility index (Phi) is 4.02. The Morgan fingerprint density at radius 2 is 1.52 bits per heavy atom. The predicted molar refractivity (Wildman–Crippen MR) is 87.7 cm³/mol. The molecule has 0 bridgehead atoms. The molecule has 0 aliphatic carbocycles. The van der Waals surface area contributed by atoms with Crippen LogP contribution in [0.25, 0.3) is 11.1 Å². The molecule has 21 heavy (non-hydrogen) atoms. The molecule has 104 valence electrons. The van der Waals surface area contributed by atoms with Crippen LogP contribution < -0.4 is 4.74 Å². The van der Waals surface area contributed by atoms with Crippen LogP contribution in [0.2, 0.25) is 0 Å². The molecule has 0 saturated carbocycles. The van der Waals surface area contributed by atoms with Gasteiger partial charge < -0.3 is 4.74 Å². The zero-order valence-electron chi connectivity index (χ0n) is 12.1. The van der Waals surface area contributed by atoms with Crippen molar-refractivity contribution < 1.29 is 4.74 Å². The topological polar surface area (TPSA) is 9.23 Å². The van der Waals surface area contributed by atoms with Gasteiger partial charge in [-0.1, -0.05) is 66.7 Å². The van der Waals surface area contributed by atoms with Gasteiger partial charge in [-0.3, -0.25) is 0 Å². The fraction of sp³-hybridized carbons (Fsp3) is 0.100. The van der Waals surface area contributed by atoms with Crippen molar-refractivity contribution in [3.8, 4) is 16.9 Å². The highest BCUT2D eigenvalue weighted by atomic mass is 16.5. The minimum absolute atomic E-state index is 0.905. The van der Waals surface area contributed by atoms with Gasteiger partial charge in [-0.05, 0) is 40.8 Å². The second kappa shape index (κ2) is 6.27. The molecule has 0 N–H and O–H groups in total. The van der Waals surface area contributed by atoms with Crippen LogP contribution in [0.5, 0.6) is 5.75 Å². The van der Waals surface area contributed by atoms with Crippen LogP contribution in [-0.2, 0) is 6.42 Å². The number of hydrogen-bond donors (Lipinski definition) is 0. The van der Waals surface area contributed by atoms with E-state index in [-0.39, 0.29) is 0 Å². The molecule has 0 aliphatic heterocycles. The lowest BCUT2D eigenvalue weighted by Crippen LogP contribution is -1.93. The van der Waals surface area contributed by atoms with Crippen molar-refractivity contribution in [2.24, 2.45) is 0 Å². The van der Waals surface area contributed by atoms with Crippen molar-refractivity contribution in [3.05, 3.63) is 90.0 Å². The Labute approximate surface area is 125 Å². The maximum absolute atomic E-state index is 5.31. The third kappa shape index (κ3) is 3.14. The van der Waals surface area contributed by atoms with Crippen LogP contribution in [0.3, 0.4) is 0 Å². The fourth-order valence-electron chi connectivity index (χ4n) is 2.58. The summed E-state index contributed by atoms with van der Waals surface area (Å²) in [6.45, 7) is 0. The molecule has 3 rings (SSSR count). The predicted octanol–water partition coefficient (Wildman–Crippen LogP) is 4.95. The van der Waals surface area contributed by atoms with Crippen LogP contribution in [0.15, 0.2) is 78.9 Å².